The number of hydrogen-bond acceptors (Lipinski definition) is 2. The molecule has 0 aromatic heterocycles. The molecule has 0 saturated heterocycles. The molecule has 0 spiro atoms. The van der Waals surface area contributed by atoms with E-state index in [0.29, 0.717) is 27.3 Å². The molecule has 0 saturated carbocycles. The smallest absolute Gasteiger partial charge is 0.0587 e. The Morgan fingerprint density at radius 3 is 2.67 bits per heavy atom. The maximum Gasteiger partial charge on any atom is 0.0587 e. The van der Waals surface area contributed by atoms with E-state index in [2.05, 4.69) is 13.8 Å². The highest BCUT2D eigenvalue weighted by Crippen LogP contribution is 2.23. The van der Waals surface area contributed by atoms with Crippen LogP contribution in [0.3, 0.4) is 0 Å². The topological polar surface area (TPSA) is 43.1 Å². The highest BCUT2D eigenvalue weighted by molar-refractivity contribution is 7.85. The van der Waals surface area contributed by atoms with Crippen LogP contribution < -0.4 is 5.73 Å². The molecule has 1 unspecified atom stereocenters. The summed E-state index contributed by atoms with van der Waals surface area (Å²) in [6, 6.07) is 5.12. The van der Waals surface area contributed by atoms with Crippen LogP contribution in [0.2, 0.25) is 5.02 Å². The fourth-order valence-electron chi connectivity index (χ4n) is 1.15. The van der Waals surface area contributed by atoms with Gasteiger partial charge in [0.25, 0.3) is 0 Å². The highest BCUT2D eigenvalue weighted by Gasteiger charge is 2.09. The number of nitrogen functional groups attached to an aromatic ring is 1. The molecule has 4 heteroatoms. The van der Waals surface area contributed by atoms with Crippen molar-refractivity contribution in [2.45, 2.75) is 25.2 Å². The molecule has 0 radical (unpaired) electrons. The normalized spacial score (nSPS) is 13.1. The van der Waals surface area contributed by atoms with Crippen LogP contribution in [0.4, 0.5) is 5.69 Å². The predicted octanol–water partition coefficient (Wildman–Crippen LogP) is 3.08. The lowest BCUT2D eigenvalue weighted by molar-refractivity contribution is 0.619. The van der Waals surface area contributed by atoms with Crippen LogP contribution in [0.15, 0.2) is 23.1 Å². The molecule has 1 aromatic rings. The molecule has 0 heterocycles. The standard InChI is InChI=1S/C11H16ClNOS/c1-8(2)5-6-15(14)11-4-3-9(13)7-10(11)12/h3-4,7-8H,5-6,13H2,1-2H3. The van der Waals surface area contributed by atoms with Gasteiger partial charge in [-0.1, -0.05) is 25.4 Å². The number of anilines is 1. The van der Waals surface area contributed by atoms with Gasteiger partial charge >= 0.3 is 0 Å². The number of halogens is 1. The lowest BCUT2D eigenvalue weighted by atomic mass is 10.2. The van der Waals surface area contributed by atoms with Gasteiger partial charge in [0.2, 0.25) is 0 Å². The summed E-state index contributed by atoms with van der Waals surface area (Å²) in [5.74, 6) is 1.21. The van der Waals surface area contributed by atoms with Crippen molar-refractivity contribution in [3.05, 3.63) is 23.2 Å². The number of hydrogen-bond donors (Lipinski definition) is 1. The van der Waals surface area contributed by atoms with E-state index in [9.17, 15) is 4.21 Å². The van der Waals surface area contributed by atoms with E-state index in [1.807, 2.05) is 0 Å². The van der Waals surface area contributed by atoms with E-state index in [0.717, 1.165) is 6.42 Å². The van der Waals surface area contributed by atoms with E-state index in [1.54, 1.807) is 18.2 Å². The minimum atomic E-state index is -1.01. The lowest BCUT2D eigenvalue weighted by Crippen LogP contribution is -2.02. The first-order valence-corrected chi connectivity index (χ1v) is 6.64. The zero-order chi connectivity index (χ0) is 11.4. The minimum absolute atomic E-state index is 0.497. The molecular formula is C11H16ClNOS. The van der Waals surface area contributed by atoms with Crippen LogP contribution in [0.1, 0.15) is 20.3 Å². The van der Waals surface area contributed by atoms with Gasteiger partial charge in [-0.15, -0.1) is 0 Å². The van der Waals surface area contributed by atoms with Gasteiger partial charge in [-0.3, -0.25) is 4.21 Å². The molecule has 0 bridgehead atoms. The first-order valence-electron chi connectivity index (χ1n) is 4.94. The first kappa shape index (κ1) is 12.5. The average Bonchev–Trinajstić information content (AvgIpc) is 2.14. The molecule has 0 amide bonds. The van der Waals surface area contributed by atoms with Gasteiger partial charge in [0.05, 0.1) is 20.7 Å². The number of benzene rings is 1. The van der Waals surface area contributed by atoms with Crippen molar-refractivity contribution in [3.63, 3.8) is 0 Å². The lowest BCUT2D eigenvalue weighted by Gasteiger charge is -2.07. The van der Waals surface area contributed by atoms with Gasteiger partial charge in [-0.25, -0.2) is 0 Å². The molecule has 0 aliphatic carbocycles. The molecular weight excluding hydrogens is 230 g/mol. The number of rotatable bonds is 4. The van der Waals surface area contributed by atoms with Crippen LogP contribution in [0, 0.1) is 5.92 Å². The first-order chi connectivity index (χ1) is 7.00. The third-order valence-electron chi connectivity index (χ3n) is 2.08. The quantitative estimate of drug-likeness (QED) is 0.829. The van der Waals surface area contributed by atoms with Gasteiger partial charge in [0, 0.05) is 11.4 Å². The molecule has 0 aliphatic rings. The molecule has 2 nitrogen and oxygen atoms in total. The monoisotopic (exact) mass is 245 g/mol. The Morgan fingerprint density at radius 2 is 2.13 bits per heavy atom. The van der Waals surface area contributed by atoms with Crippen LogP contribution in [0.25, 0.3) is 0 Å². The molecule has 1 atom stereocenters. The van der Waals surface area contributed by atoms with Crippen molar-refractivity contribution >= 4 is 28.1 Å². The Bertz CT molecular complexity index is 366. The second-order valence-electron chi connectivity index (χ2n) is 3.92. The summed E-state index contributed by atoms with van der Waals surface area (Å²) in [7, 11) is -1.01. The van der Waals surface area contributed by atoms with Gasteiger partial charge < -0.3 is 5.73 Å². The van der Waals surface area contributed by atoms with Crippen molar-refractivity contribution in [1.82, 2.24) is 0 Å². The third kappa shape index (κ3) is 3.84. The van der Waals surface area contributed by atoms with E-state index in [-0.39, 0.29) is 0 Å². The van der Waals surface area contributed by atoms with Crippen LogP contribution in [0.5, 0.6) is 0 Å². The molecule has 1 rings (SSSR count). The third-order valence-corrected chi connectivity index (χ3v) is 3.96. The van der Waals surface area contributed by atoms with E-state index >= 15 is 0 Å². The Hall–Kier alpha value is -0.540. The molecule has 0 fully saturated rings. The van der Waals surface area contributed by atoms with Gasteiger partial charge in [-0.2, -0.15) is 0 Å². The van der Waals surface area contributed by atoms with Gasteiger partial charge in [0.1, 0.15) is 0 Å². The van der Waals surface area contributed by atoms with Gasteiger partial charge in [0.15, 0.2) is 0 Å². The molecule has 84 valence electrons. The van der Waals surface area contributed by atoms with Crippen molar-refractivity contribution in [1.29, 1.82) is 0 Å². The van der Waals surface area contributed by atoms with Crippen molar-refractivity contribution in [2.24, 2.45) is 5.92 Å². The average molecular weight is 246 g/mol. The van der Waals surface area contributed by atoms with Crippen LogP contribution in [-0.2, 0) is 10.8 Å². The van der Waals surface area contributed by atoms with Crippen molar-refractivity contribution in [3.8, 4) is 0 Å². The van der Waals surface area contributed by atoms with Crippen molar-refractivity contribution in [2.75, 3.05) is 11.5 Å². The predicted molar refractivity (Wildman–Crippen MR) is 66.6 cm³/mol. The largest absolute Gasteiger partial charge is 0.399 e. The highest BCUT2D eigenvalue weighted by atomic mass is 35.5. The van der Waals surface area contributed by atoms with E-state index in [4.69, 9.17) is 17.3 Å². The Labute approximate surface area is 98.3 Å². The SMILES string of the molecule is CC(C)CCS(=O)c1ccc(N)cc1Cl. The second kappa shape index (κ2) is 5.52. The van der Waals surface area contributed by atoms with Gasteiger partial charge in [-0.05, 0) is 30.5 Å². The maximum absolute atomic E-state index is 11.9. The Kier molecular flexibility index (Phi) is 4.61. The summed E-state index contributed by atoms with van der Waals surface area (Å²) in [5.41, 5.74) is 6.17. The summed E-state index contributed by atoms with van der Waals surface area (Å²) in [6.07, 6.45) is 0.938. The Balaban J connectivity index is 2.74. The fourth-order valence-corrected chi connectivity index (χ4v) is 3.00. The zero-order valence-electron chi connectivity index (χ0n) is 9.00. The molecule has 0 aliphatic heterocycles. The van der Waals surface area contributed by atoms with Crippen LogP contribution >= 0.6 is 11.6 Å². The molecule has 2 N–H and O–H groups in total. The summed E-state index contributed by atoms with van der Waals surface area (Å²) >= 11 is 5.97. The summed E-state index contributed by atoms with van der Waals surface area (Å²) in [5, 5.41) is 0.497. The number of nitrogens with two attached hydrogens (primary N) is 1. The fraction of sp³-hybridized carbons (Fsp3) is 0.455. The second-order valence-corrected chi connectivity index (χ2v) is 5.87. The zero-order valence-corrected chi connectivity index (χ0v) is 10.6. The maximum atomic E-state index is 11.9. The summed E-state index contributed by atoms with van der Waals surface area (Å²) in [4.78, 5) is 0.687. The molecule has 1 aromatic carbocycles. The van der Waals surface area contributed by atoms with Crippen LogP contribution in [-0.4, -0.2) is 9.96 Å². The minimum Gasteiger partial charge on any atom is -0.399 e. The summed E-state index contributed by atoms with van der Waals surface area (Å²) in [6.45, 7) is 4.23. The Morgan fingerprint density at radius 1 is 1.47 bits per heavy atom. The van der Waals surface area contributed by atoms with Crippen molar-refractivity contribution < 1.29 is 4.21 Å². The van der Waals surface area contributed by atoms with E-state index in [1.165, 1.54) is 0 Å². The molecule has 15 heavy (non-hydrogen) atoms. The summed E-state index contributed by atoms with van der Waals surface area (Å²) < 4.78 is 11.9. The van der Waals surface area contributed by atoms with E-state index < -0.39 is 10.8 Å².